The van der Waals surface area contributed by atoms with E-state index in [9.17, 15) is 13.2 Å². The number of primary sulfonamides is 1. The van der Waals surface area contributed by atoms with E-state index in [1.54, 1.807) is 42.5 Å². The minimum atomic E-state index is -4.39. The maximum atomic E-state index is 12.2. The van der Waals surface area contributed by atoms with Gasteiger partial charge in [-0.1, -0.05) is 41.9 Å². The maximum absolute atomic E-state index is 12.2. The molecule has 144 valence electrons. The van der Waals surface area contributed by atoms with Gasteiger partial charge in [0.15, 0.2) is 0 Å². The van der Waals surface area contributed by atoms with Crippen LogP contribution >= 0.6 is 11.6 Å². The van der Waals surface area contributed by atoms with Gasteiger partial charge < -0.3 is 16.2 Å². The first kappa shape index (κ1) is 19.7. The van der Waals surface area contributed by atoms with Crippen molar-refractivity contribution in [2.45, 2.75) is 4.90 Å². The molecule has 0 spiro atoms. The van der Waals surface area contributed by atoms with Gasteiger partial charge in [0.1, 0.15) is 16.4 Å². The Morgan fingerprint density at radius 1 is 1.00 bits per heavy atom. The Balaban J connectivity index is 2.33. The van der Waals surface area contributed by atoms with E-state index in [1.807, 2.05) is 0 Å². The quantitative estimate of drug-likeness (QED) is 0.547. The maximum Gasteiger partial charge on any atom is 0.252 e. The number of nitrogens with two attached hydrogens (primary N) is 3. The molecule has 0 saturated heterocycles. The third kappa shape index (κ3) is 3.94. The van der Waals surface area contributed by atoms with Crippen LogP contribution in [0.5, 0.6) is 11.5 Å². The van der Waals surface area contributed by atoms with Crippen molar-refractivity contribution in [3.63, 3.8) is 0 Å². The van der Waals surface area contributed by atoms with Crippen molar-refractivity contribution in [3.8, 4) is 22.6 Å². The number of rotatable bonds is 5. The molecule has 0 fully saturated rings. The molecule has 3 aromatic carbocycles. The third-order valence-electron chi connectivity index (χ3n) is 3.94. The van der Waals surface area contributed by atoms with Gasteiger partial charge in [-0.3, -0.25) is 4.79 Å². The number of benzene rings is 3. The van der Waals surface area contributed by atoms with Crippen LogP contribution in [0.15, 0.2) is 65.6 Å². The summed E-state index contributed by atoms with van der Waals surface area (Å²) in [6.07, 6.45) is 0. The summed E-state index contributed by atoms with van der Waals surface area (Å²) < 4.78 is 30.2. The van der Waals surface area contributed by atoms with E-state index in [0.717, 1.165) is 0 Å². The van der Waals surface area contributed by atoms with Crippen LogP contribution in [0.1, 0.15) is 10.4 Å². The summed E-state index contributed by atoms with van der Waals surface area (Å²) in [5, 5.41) is 5.81. The number of sulfonamides is 1. The van der Waals surface area contributed by atoms with E-state index in [0.29, 0.717) is 16.1 Å². The van der Waals surface area contributed by atoms with Crippen molar-refractivity contribution in [1.82, 2.24) is 0 Å². The molecule has 3 rings (SSSR count). The molecule has 0 aromatic heterocycles. The zero-order valence-corrected chi connectivity index (χ0v) is 16.0. The molecule has 0 aliphatic carbocycles. The monoisotopic (exact) mass is 417 g/mol. The summed E-state index contributed by atoms with van der Waals surface area (Å²) >= 11 is 5.86. The second-order valence-electron chi connectivity index (χ2n) is 5.87. The van der Waals surface area contributed by atoms with Crippen LogP contribution in [0.3, 0.4) is 0 Å². The van der Waals surface area contributed by atoms with Crippen molar-refractivity contribution in [2.24, 2.45) is 10.9 Å². The van der Waals surface area contributed by atoms with Crippen molar-refractivity contribution < 1.29 is 17.9 Å². The number of hydrogen-bond acceptors (Lipinski definition) is 5. The molecule has 7 nitrogen and oxygen atoms in total. The molecule has 0 heterocycles. The van der Waals surface area contributed by atoms with Crippen LogP contribution in [0, 0.1) is 0 Å². The standard InChI is InChI=1S/C19H16ClN3O4S/c20-12-6-8-13(9-7-12)27-15-10-14(11-4-2-1-3-5-11)17(21)16(19(22)24)18(15)28(23,25)26/h1-10H,21H2,(H2,22,24)(H2,23,25,26). The fourth-order valence-corrected chi connectivity index (χ4v) is 3.75. The lowest BCUT2D eigenvalue weighted by molar-refractivity contribution is 0.0997. The number of halogens is 1. The molecule has 9 heteroatoms. The van der Waals surface area contributed by atoms with Gasteiger partial charge in [-0.15, -0.1) is 0 Å². The average molecular weight is 418 g/mol. The molecule has 0 aliphatic rings. The van der Waals surface area contributed by atoms with Gasteiger partial charge in [-0.25, -0.2) is 13.6 Å². The fourth-order valence-electron chi connectivity index (χ4n) is 2.74. The largest absolute Gasteiger partial charge is 0.456 e. The summed E-state index contributed by atoms with van der Waals surface area (Å²) in [7, 11) is -4.39. The SMILES string of the molecule is NC(=O)c1c(N)c(-c2ccccc2)cc(Oc2ccc(Cl)cc2)c1S(N)(=O)=O. The summed E-state index contributed by atoms with van der Waals surface area (Å²) in [5.41, 5.74) is 12.0. The number of hydrogen-bond donors (Lipinski definition) is 3. The highest BCUT2D eigenvalue weighted by Gasteiger charge is 2.29. The number of nitrogen functional groups attached to an aromatic ring is 1. The molecule has 0 atom stereocenters. The molecular weight excluding hydrogens is 402 g/mol. The second-order valence-corrected chi connectivity index (χ2v) is 7.81. The van der Waals surface area contributed by atoms with Crippen LogP contribution in [-0.2, 0) is 10.0 Å². The van der Waals surface area contributed by atoms with E-state index < -0.39 is 26.4 Å². The van der Waals surface area contributed by atoms with Gasteiger partial charge in [-0.2, -0.15) is 0 Å². The lowest BCUT2D eigenvalue weighted by Crippen LogP contribution is -2.23. The molecule has 1 amide bonds. The molecule has 6 N–H and O–H groups in total. The average Bonchev–Trinajstić information content (AvgIpc) is 2.64. The Bertz CT molecular complexity index is 1150. The number of anilines is 1. The normalized spacial score (nSPS) is 11.2. The zero-order chi connectivity index (χ0) is 20.5. The van der Waals surface area contributed by atoms with Crippen LogP contribution < -0.4 is 21.3 Å². The highest BCUT2D eigenvalue weighted by Crippen LogP contribution is 2.40. The first-order valence-electron chi connectivity index (χ1n) is 7.96. The molecule has 0 radical (unpaired) electrons. The van der Waals surface area contributed by atoms with Crippen LogP contribution in [0.25, 0.3) is 11.1 Å². The highest BCUT2D eigenvalue weighted by molar-refractivity contribution is 7.89. The molecule has 0 bridgehead atoms. The lowest BCUT2D eigenvalue weighted by atomic mass is 9.99. The van der Waals surface area contributed by atoms with Crippen molar-refractivity contribution in [1.29, 1.82) is 0 Å². The smallest absolute Gasteiger partial charge is 0.252 e. The molecule has 0 aliphatic heterocycles. The number of amides is 1. The van der Waals surface area contributed by atoms with Gasteiger partial charge in [0.05, 0.1) is 11.3 Å². The number of carbonyl (C=O) groups is 1. The number of primary amides is 1. The van der Waals surface area contributed by atoms with Gasteiger partial charge in [0, 0.05) is 10.6 Å². The van der Waals surface area contributed by atoms with Crippen LogP contribution in [-0.4, -0.2) is 14.3 Å². The predicted octanol–water partition coefficient (Wildman–Crippen LogP) is 3.13. The first-order chi connectivity index (χ1) is 13.2. The van der Waals surface area contributed by atoms with Crippen LogP contribution in [0.2, 0.25) is 5.02 Å². The predicted molar refractivity (Wildman–Crippen MR) is 108 cm³/mol. The van der Waals surface area contributed by atoms with Crippen molar-refractivity contribution in [3.05, 3.63) is 71.2 Å². The molecule has 3 aromatic rings. The van der Waals surface area contributed by atoms with Crippen molar-refractivity contribution in [2.75, 3.05) is 5.73 Å². The van der Waals surface area contributed by atoms with E-state index in [1.165, 1.54) is 18.2 Å². The lowest BCUT2D eigenvalue weighted by Gasteiger charge is -2.18. The Morgan fingerprint density at radius 2 is 1.61 bits per heavy atom. The third-order valence-corrected chi connectivity index (χ3v) is 5.17. The fraction of sp³-hybridized carbons (Fsp3) is 0. The topological polar surface area (TPSA) is 138 Å². The number of carbonyl (C=O) groups excluding carboxylic acids is 1. The van der Waals surface area contributed by atoms with E-state index in [-0.39, 0.29) is 17.2 Å². The van der Waals surface area contributed by atoms with Gasteiger partial charge in [0.25, 0.3) is 5.91 Å². The summed E-state index contributed by atoms with van der Waals surface area (Å²) in [4.78, 5) is 11.5. The Morgan fingerprint density at radius 3 is 2.14 bits per heavy atom. The first-order valence-corrected chi connectivity index (χ1v) is 9.89. The minimum absolute atomic E-state index is 0.105. The van der Waals surface area contributed by atoms with E-state index >= 15 is 0 Å². The highest BCUT2D eigenvalue weighted by atomic mass is 35.5. The number of ether oxygens (including phenoxy) is 1. The second kappa shape index (κ2) is 7.51. The molecular formula is C19H16ClN3O4S. The summed E-state index contributed by atoms with van der Waals surface area (Å²) in [6.45, 7) is 0. The molecule has 28 heavy (non-hydrogen) atoms. The van der Waals surface area contributed by atoms with Crippen LogP contribution in [0.4, 0.5) is 5.69 Å². The summed E-state index contributed by atoms with van der Waals surface area (Å²) in [6, 6.07) is 16.5. The molecule has 0 unspecified atom stereocenters. The van der Waals surface area contributed by atoms with E-state index in [2.05, 4.69) is 0 Å². The summed E-state index contributed by atoms with van der Waals surface area (Å²) in [5.74, 6) is -0.930. The Hall–Kier alpha value is -3.07. The minimum Gasteiger partial charge on any atom is -0.456 e. The zero-order valence-electron chi connectivity index (χ0n) is 14.4. The van der Waals surface area contributed by atoms with E-state index in [4.69, 9.17) is 32.9 Å². The Labute approximate surface area is 166 Å². The van der Waals surface area contributed by atoms with Gasteiger partial charge >= 0.3 is 0 Å². The Kier molecular flexibility index (Phi) is 5.28. The van der Waals surface area contributed by atoms with Gasteiger partial charge in [-0.05, 0) is 35.9 Å². The molecule has 0 saturated carbocycles. The van der Waals surface area contributed by atoms with Gasteiger partial charge in [0.2, 0.25) is 10.0 Å². The van der Waals surface area contributed by atoms with Crippen molar-refractivity contribution >= 4 is 33.2 Å².